The van der Waals surface area contributed by atoms with Gasteiger partial charge in [-0.3, -0.25) is 0 Å². The molecule has 0 aliphatic heterocycles. The van der Waals surface area contributed by atoms with Gasteiger partial charge in [0.15, 0.2) is 0 Å². The third-order valence-corrected chi connectivity index (χ3v) is 2.89. The lowest BCUT2D eigenvalue weighted by atomic mass is 10.3. The van der Waals surface area contributed by atoms with Crippen molar-refractivity contribution in [2.45, 2.75) is 6.61 Å². The molecule has 0 fully saturated rings. The van der Waals surface area contributed by atoms with Gasteiger partial charge in [-0.25, -0.2) is 0 Å². The molecule has 17 heavy (non-hydrogen) atoms. The Balaban J connectivity index is 2.04. The maximum atomic E-state index is 5.69. The van der Waals surface area contributed by atoms with Crippen molar-refractivity contribution < 1.29 is 4.74 Å². The van der Waals surface area contributed by atoms with Crippen molar-refractivity contribution in [3.05, 3.63) is 30.0 Å². The van der Waals surface area contributed by atoms with Crippen molar-refractivity contribution >= 4 is 22.2 Å². The molecule has 2 N–H and O–H groups in total. The number of hydrogen-bond donors (Lipinski definition) is 1. The van der Waals surface area contributed by atoms with E-state index in [0.717, 1.165) is 11.4 Å². The molecule has 0 unspecified atom stereocenters. The Labute approximate surface area is 104 Å². The highest BCUT2D eigenvalue weighted by Crippen LogP contribution is 2.21. The number of nitrogens with zero attached hydrogens (tertiary/aromatic N) is 3. The zero-order chi connectivity index (χ0) is 12.3. The number of ether oxygens (including phenoxy) is 1. The molecule has 0 radical (unpaired) electrons. The lowest BCUT2D eigenvalue weighted by Gasteiger charge is -2.13. The third-order valence-electron chi connectivity index (χ3n) is 2.29. The van der Waals surface area contributed by atoms with Crippen LogP contribution in [0.2, 0.25) is 0 Å². The summed E-state index contributed by atoms with van der Waals surface area (Å²) in [6.07, 6.45) is 0. The van der Waals surface area contributed by atoms with E-state index in [2.05, 4.69) is 9.59 Å². The molecule has 6 heteroatoms. The summed E-state index contributed by atoms with van der Waals surface area (Å²) in [5.74, 6) is 0.795. The van der Waals surface area contributed by atoms with Crippen LogP contribution in [0.25, 0.3) is 0 Å². The molecule has 0 atom stereocenters. The van der Waals surface area contributed by atoms with Crippen LogP contribution in [0.3, 0.4) is 0 Å². The standard InChI is InChI=1S/C11H14N4OS/c1-15(2)8-4-3-5-9(6-8)16-7-10-11(12)17-14-13-10/h3-6H,7,12H2,1-2H3. The van der Waals surface area contributed by atoms with Crippen molar-refractivity contribution in [2.75, 3.05) is 24.7 Å². The Morgan fingerprint density at radius 2 is 2.24 bits per heavy atom. The molecule has 2 aromatic rings. The summed E-state index contributed by atoms with van der Waals surface area (Å²) in [6.45, 7) is 0.346. The van der Waals surface area contributed by atoms with Crippen molar-refractivity contribution in [1.82, 2.24) is 9.59 Å². The van der Waals surface area contributed by atoms with Crippen LogP contribution in [0.1, 0.15) is 5.69 Å². The molecule has 1 aromatic carbocycles. The Morgan fingerprint density at radius 3 is 2.88 bits per heavy atom. The van der Waals surface area contributed by atoms with Crippen LogP contribution in [0.15, 0.2) is 24.3 Å². The summed E-state index contributed by atoms with van der Waals surface area (Å²) >= 11 is 1.18. The van der Waals surface area contributed by atoms with E-state index >= 15 is 0 Å². The van der Waals surface area contributed by atoms with E-state index in [9.17, 15) is 0 Å². The first-order valence-electron chi connectivity index (χ1n) is 5.13. The van der Waals surface area contributed by atoms with Gasteiger partial charge >= 0.3 is 0 Å². The van der Waals surface area contributed by atoms with Crippen LogP contribution >= 0.6 is 11.5 Å². The predicted octanol–water partition coefficient (Wildman–Crippen LogP) is 1.77. The summed E-state index contributed by atoms with van der Waals surface area (Å²) in [6, 6.07) is 7.85. The average Bonchev–Trinajstić information content (AvgIpc) is 2.72. The molecule has 90 valence electrons. The maximum absolute atomic E-state index is 5.69. The largest absolute Gasteiger partial charge is 0.487 e. The zero-order valence-corrected chi connectivity index (χ0v) is 10.6. The van der Waals surface area contributed by atoms with Crippen LogP contribution in [0.4, 0.5) is 10.7 Å². The van der Waals surface area contributed by atoms with Gasteiger partial charge in [0.25, 0.3) is 0 Å². The zero-order valence-electron chi connectivity index (χ0n) is 9.75. The first-order chi connectivity index (χ1) is 8.16. The molecule has 0 saturated carbocycles. The van der Waals surface area contributed by atoms with E-state index in [-0.39, 0.29) is 0 Å². The molecule has 2 rings (SSSR count). The molecular formula is C11H14N4OS. The fraction of sp³-hybridized carbons (Fsp3) is 0.273. The topological polar surface area (TPSA) is 64.3 Å². The molecule has 0 aliphatic rings. The Kier molecular flexibility index (Phi) is 3.43. The van der Waals surface area contributed by atoms with E-state index in [1.54, 1.807) is 0 Å². The second-order valence-electron chi connectivity index (χ2n) is 3.76. The third kappa shape index (κ3) is 2.85. The van der Waals surface area contributed by atoms with Crippen molar-refractivity contribution in [3.8, 4) is 5.75 Å². The normalized spacial score (nSPS) is 10.2. The van der Waals surface area contributed by atoms with E-state index in [1.807, 2.05) is 43.3 Å². The SMILES string of the molecule is CN(C)c1cccc(OCc2nnsc2N)c1. The highest BCUT2D eigenvalue weighted by Gasteiger charge is 2.05. The van der Waals surface area contributed by atoms with Crippen molar-refractivity contribution in [3.63, 3.8) is 0 Å². The number of aromatic nitrogens is 2. The maximum Gasteiger partial charge on any atom is 0.136 e. The Morgan fingerprint density at radius 1 is 1.41 bits per heavy atom. The Hall–Kier alpha value is -1.82. The van der Waals surface area contributed by atoms with Gasteiger partial charge in [0.05, 0.1) is 0 Å². The molecule has 5 nitrogen and oxygen atoms in total. The Bertz CT molecular complexity index is 498. The highest BCUT2D eigenvalue weighted by atomic mass is 32.1. The summed E-state index contributed by atoms with van der Waals surface area (Å²) in [5, 5.41) is 4.50. The van der Waals surface area contributed by atoms with Gasteiger partial charge in [0, 0.05) is 37.4 Å². The van der Waals surface area contributed by atoms with Crippen molar-refractivity contribution in [2.24, 2.45) is 0 Å². The minimum absolute atomic E-state index is 0.346. The predicted molar refractivity (Wildman–Crippen MR) is 69.4 cm³/mol. The molecule has 0 saturated heterocycles. The lowest BCUT2D eigenvalue weighted by Crippen LogP contribution is -2.08. The fourth-order valence-electron chi connectivity index (χ4n) is 1.32. The summed E-state index contributed by atoms with van der Waals surface area (Å²) in [7, 11) is 3.98. The number of hydrogen-bond acceptors (Lipinski definition) is 6. The molecule has 0 bridgehead atoms. The van der Waals surface area contributed by atoms with Gasteiger partial charge in [-0.05, 0) is 12.1 Å². The number of anilines is 2. The molecule has 1 heterocycles. The van der Waals surface area contributed by atoms with E-state index < -0.39 is 0 Å². The first-order valence-corrected chi connectivity index (χ1v) is 5.91. The molecule has 0 spiro atoms. The smallest absolute Gasteiger partial charge is 0.136 e. The summed E-state index contributed by atoms with van der Waals surface area (Å²) in [4.78, 5) is 2.02. The first kappa shape index (κ1) is 11.7. The summed E-state index contributed by atoms with van der Waals surface area (Å²) < 4.78 is 9.38. The van der Waals surface area contributed by atoms with Crippen LogP contribution in [0.5, 0.6) is 5.75 Å². The second-order valence-corrected chi connectivity index (χ2v) is 4.55. The van der Waals surface area contributed by atoms with Gasteiger partial charge in [0.2, 0.25) is 0 Å². The van der Waals surface area contributed by atoms with Crippen molar-refractivity contribution in [1.29, 1.82) is 0 Å². The minimum atomic E-state index is 0.346. The molecule has 0 amide bonds. The highest BCUT2D eigenvalue weighted by molar-refractivity contribution is 7.09. The minimum Gasteiger partial charge on any atom is -0.487 e. The summed E-state index contributed by atoms with van der Waals surface area (Å²) in [5.41, 5.74) is 7.46. The van der Waals surface area contributed by atoms with Gasteiger partial charge in [-0.1, -0.05) is 10.6 Å². The van der Waals surface area contributed by atoms with Crippen LogP contribution in [-0.2, 0) is 6.61 Å². The van der Waals surface area contributed by atoms with Gasteiger partial charge in [-0.15, -0.1) is 5.10 Å². The van der Waals surface area contributed by atoms with Gasteiger partial charge in [-0.2, -0.15) is 0 Å². The second kappa shape index (κ2) is 5.01. The number of nitrogens with two attached hydrogens (primary N) is 1. The van der Waals surface area contributed by atoms with E-state index in [1.165, 1.54) is 11.5 Å². The van der Waals surface area contributed by atoms with Crippen LogP contribution in [-0.4, -0.2) is 23.7 Å². The van der Waals surface area contributed by atoms with Gasteiger partial charge in [0.1, 0.15) is 23.1 Å². The molecular weight excluding hydrogens is 236 g/mol. The lowest BCUT2D eigenvalue weighted by molar-refractivity contribution is 0.302. The molecule has 1 aromatic heterocycles. The van der Waals surface area contributed by atoms with Crippen LogP contribution in [0, 0.1) is 0 Å². The van der Waals surface area contributed by atoms with E-state index in [0.29, 0.717) is 17.3 Å². The number of nitrogen functional groups attached to an aromatic ring is 1. The number of rotatable bonds is 4. The van der Waals surface area contributed by atoms with E-state index in [4.69, 9.17) is 10.5 Å². The monoisotopic (exact) mass is 250 g/mol. The number of benzene rings is 1. The molecule has 0 aliphatic carbocycles. The van der Waals surface area contributed by atoms with Gasteiger partial charge < -0.3 is 15.4 Å². The fourth-order valence-corrected chi connectivity index (χ4v) is 1.75. The quantitative estimate of drug-likeness (QED) is 0.895. The average molecular weight is 250 g/mol. The van der Waals surface area contributed by atoms with Crippen LogP contribution < -0.4 is 15.4 Å².